The summed E-state index contributed by atoms with van der Waals surface area (Å²) in [6.45, 7) is 20.9. The molecule has 0 radical (unpaired) electrons. The molecule has 68 heavy (non-hydrogen) atoms. The molecule has 1 aliphatic heterocycles. The molecular formula is C52H62N12O4. The molecule has 8 bridgehead atoms. The first-order chi connectivity index (χ1) is 33.0. The van der Waals surface area contributed by atoms with Crippen LogP contribution in [0, 0.1) is 27.7 Å². The Balaban J connectivity index is 1.24. The fraction of sp³-hybridized carbons (Fsp3) is 0.385. The van der Waals surface area contributed by atoms with Crippen molar-refractivity contribution in [1.82, 2.24) is 61.0 Å². The Hall–Kier alpha value is -7.20. The topological polar surface area (TPSA) is 156 Å². The lowest BCUT2D eigenvalue weighted by Crippen LogP contribution is -2.36. The van der Waals surface area contributed by atoms with Crippen LogP contribution in [0.2, 0.25) is 0 Å². The summed E-state index contributed by atoms with van der Waals surface area (Å²) in [6, 6.07) is 17.9. The van der Waals surface area contributed by atoms with Crippen molar-refractivity contribution in [3.8, 4) is 23.0 Å². The van der Waals surface area contributed by atoms with Gasteiger partial charge in [0.15, 0.2) is 0 Å². The molecule has 1 aliphatic carbocycles. The quantitative estimate of drug-likeness (QED) is 0.0972. The molecule has 2 N–H and O–H groups in total. The van der Waals surface area contributed by atoms with E-state index in [1.165, 1.54) is 0 Å². The summed E-state index contributed by atoms with van der Waals surface area (Å²) in [5, 5.41) is 28.3. The van der Waals surface area contributed by atoms with Gasteiger partial charge in [-0.2, -0.15) is 0 Å². The second-order valence-electron chi connectivity index (χ2n) is 17.9. The molecule has 4 heterocycles. The van der Waals surface area contributed by atoms with Gasteiger partial charge in [-0.3, -0.25) is 19.1 Å². The van der Waals surface area contributed by atoms with Crippen LogP contribution in [0.4, 0.5) is 0 Å². The first-order valence-corrected chi connectivity index (χ1v) is 23.7. The third-order valence-corrected chi connectivity index (χ3v) is 12.3. The van der Waals surface area contributed by atoms with Crippen molar-refractivity contribution < 1.29 is 18.9 Å². The molecule has 0 amide bonds. The highest BCUT2D eigenvalue weighted by atomic mass is 16.5. The number of nitrogens with zero attached hydrogens (tertiary/aromatic N) is 10. The highest BCUT2D eigenvalue weighted by Crippen LogP contribution is 2.41. The van der Waals surface area contributed by atoms with E-state index in [4.69, 9.17) is 18.9 Å². The third kappa shape index (κ3) is 10.5. The minimum atomic E-state index is 0.254. The molecule has 354 valence electrons. The van der Waals surface area contributed by atoms with Crippen molar-refractivity contribution >= 4 is 0 Å². The number of aromatic nitrogens is 9. The smallest absolute Gasteiger partial charge is 0.134 e. The Kier molecular flexibility index (Phi) is 13.7. The summed E-state index contributed by atoms with van der Waals surface area (Å²) in [4.78, 5) is 0. The number of benzene rings is 4. The Morgan fingerprint density at radius 3 is 0.971 bits per heavy atom. The molecule has 0 fully saturated rings. The lowest BCUT2D eigenvalue weighted by molar-refractivity contribution is 0.278. The Labute approximate surface area is 398 Å². The largest absolute Gasteiger partial charge is 0.487 e. The zero-order valence-electron chi connectivity index (χ0n) is 40.5. The number of fused-ring (bicyclic) bond motifs is 8. The van der Waals surface area contributed by atoms with Crippen molar-refractivity contribution in [3.63, 3.8) is 0 Å². The van der Waals surface area contributed by atoms with Gasteiger partial charge >= 0.3 is 0 Å². The Bertz CT molecular complexity index is 2800. The predicted molar refractivity (Wildman–Crippen MR) is 258 cm³/mol. The first kappa shape index (κ1) is 45.9. The predicted octanol–water partition coefficient (Wildman–Crippen LogP) is 7.73. The van der Waals surface area contributed by atoms with Gasteiger partial charge in [-0.15, -0.1) is 20.8 Å². The van der Waals surface area contributed by atoms with E-state index in [0.29, 0.717) is 32.3 Å². The van der Waals surface area contributed by atoms with Crippen molar-refractivity contribution in [3.05, 3.63) is 163 Å². The van der Waals surface area contributed by atoms with Gasteiger partial charge < -0.3 is 24.4 Å². The number of hydrogen-bond donors (Lipinski definition) is 2. The van der Waals surface area contributed by atoms with Crippen LogP contribution in [0.25, 0.3) is 0 Å². The van der Waals surface area contributed by atoms with Crippen LogP contribution in [-0.2, 0) is 65.1 Å². The second-order valence-corrected chi connectivity index (χ2v) is 17.9. The number of ether oxygens (including phenoxy) is 4. The molecule has 16 nitrogen and oxygen atoms in total. The molecule has 0 spiro atoms. The maximum atomic E-state index is 7.00. The SMILES string of the molecule is CCN1C=C(COc2c3cc(C)cc2Cc2cc(C)cc(c2OCc2cn(CC)nn2)Cc2cc(C)cc(c2OCc2cn(CC)nn2)Cc2cc(C)cc(c2OCc2cn(CC)nn2)C3)NN1. The molecule has 2 aliphatic rings. The van der Waals surface area contributed by atoms with Gasteiger partial charge in [0, 0.05) is 58.1 Å². The van der Waals surface area contributed by atoms with Crippen molar-refractivity contribution in [1.29, 1.82) is 0 Å². The molecule has 0 saturated heterocycles. The summed E-state index contributed by atoms with van der Waals surface area (Å²) in [5.74, 6) is 3.25. The maximum absolute atomic E-state index is 7.00. The number of aryl methyl sites for hydroxylation is 7. The van der Waals surface area contributed by atoms with E-state index < -0.39 is 0 Å². The van der Waals surface area contributed by atoms with E-state index in [0.717, 1.165) is 139 Å². The van der Waals surface area contributed by atoms with E-state index in [1.54, 1.807) is 0 Å². The maximum Gasteiger partial charge on any atom is 0.134 e. The second kappa shape index (κ2) is 20.3. The van der Waals surface area contributed by atoms with Crippen LogP contribution >= 0.6 is 0 Å². The average molecular weight is 919 g/mol. The number of rotatable bonds is 16. The van der Waals surface area contributed by atoms with Crippen molar-refractivity contribution in [2.75, 3.05) is 13.2 Å². The molecule has 9 rings (SSSR count). The first-order valence-electron chi connectivity index (χ1n) is 23.7. The van der Waals surface area contributed by atoms with E-state index in [-0.39, 0.29) is 19.8 Å². The van der Waals surface area contributed by atoms with Crippen LogP contribution < -0.4 is 29.9 Å². The summed E-state index contributed by atoms with van der Waals surface area (Å²) >= 11 is 0. The van der Waals surface area contributed by atoms with Gasteiger partial charge in [-0.25, -0.2) is 0 Å². The van der Waals surface area contributed by atoms with Crippen LogP contribution in [-0.4, -0.2) is 63.1 Å². The summed E-state index contributed by atoms with van der Waals surface area (Å²) in [7, 11) is 0. The third-order valence-electron chi connectivity index (χ3n) is 12.3. The minimum Gasteiger partial charge on any atom is -0.487 e. The average Bonchev–Trinajstić information content (AvgIpc) is 4.16. The zero-order chi connectivity index (χ0) is 47.3. The number of hydrazine groups is 2. The van der Waals surface area contributed by atoms with Gasteiger partial charge in [0.25, 0.3) is 0 Å². The zero-order valence-corrected chi connectivity index (χ0v) is 40.5. The molecule has 4 aromatic carbocycles. The molecule has 7 aromatic rings. The number of hydrogen-bond acceptors (Lipinski definition) is 13. The van der Waals surface area contributed by atoms with Crippen LogP contribution in [0.3, 0.4) is 0 Å². The van der Waals surface area contributed by atoms with Crippen molar-refractivity contribution in [2.45, 2.75) is 121 Å². The van der Waals surface area contributed by atoms with E-state index in [1.807, 2.05) is 58.4 Å². The van der Waals surface area contributed by atoms with Gasteiger partial charge in [0.1, 0.15) is 66.5 Å². The fourth-order valence-corrected chi connectivity index (χ4v) is 9.23. The van der Waals surface area contributed by atoms with Crippen LogP contribution in [0.15, 0.2) is 79.0 Å². The van der Waals surface area contributed by atoms with Gasteiger partial charge in [-0.1, -0.05) is 86.4 Å². The molecule has 16 heteroatoms. The van der Waals surface area contributed by atoms with Crippen molar-refractivity contribution in [2.24, 2.45) is 0 Å². The van der Waals surface area contributed by atoms with E-state index in [2.05, 4.69) is 131 Å². The lowest BCUT2D eigenvalue weighted by Gasteiger charge is -2.24. The normalized spacial score (nSPS) is 13.4. The Morgan fingerprint density at radius 2 is 0.721 bits per heavy atom. The summed E-state index contributed by atoms with van der Waals surface area (Å²) in [5.41, 5.74) is 22.5. The molecule has 0 atom stereocenters. The molecule has 0 unspecified atom stereocenters. The molecule has 3 aromatic heterocycles. The highest BCUT2D eigenvalue weighted by molar-refractivity contribution is 5.58. The highest BCUT2D eigenvalue weighted by Gasteiger charge is 2.25. The fourth-order valence-electron chi connectivity index (χ4n) is 9.23. The van der Waals surface area contributed by atoms with Gasteiger partial charge in [0.05, 0.1) is 24.3 Å². The van der Waals surface area contributed by atoms with E-state index in [9.17, 15) is 0 Å². The van der Waals surface area contributed by atoms with E-state index >= 15 is 0 Å². The van der Waals surface area contributed by atoms with Crippen LogP contribution in [0.5, 0.6) is 23.0 Å². The summed E-state index contributed by atoms with van der Waals surface area (Å²) in [6.07, 6.45) is 10.1. The van der Waals surface area contributed by atoms with Gasteiger partial charge in [0.2, 0.25) is 0 Å². The molecular weight excluding hydrogens is 857 g/mol. The Morgan fingerprint density at radius 1 is 0.426 bits per heavy atom. The van der Waals surface area contributed by atoms with Crippen LogP contribution in [0.1, 0.15) is 112 Å². The molecule has 0 saturated carbocycles. The minimum absolute atomic E-state index is 0.254. The summed E-state index contributed by atoms with van der Waals surface area (Å²) < 4.78 is 33.4. The van der Waals surface area contributed by atoms with Gasteiger partial charge in [-0.05, 0) is 99.9 Å². The number of nitrogens with one attached hydrogen (secondary N) is 2. The monoisotopic (exact) mass is 919 g/mol. The standard InChI is InChI=1S/C52H62N12O4/c1-9-61-25-45(53-57-61)29-65-49-37-13-33(5)14-38(49)22-40-16-35(7)18-42(51(40)67-31-47-27-63(11-3)59-55-47)24-44-20-36(8)19-43(52(44)68-32-48-28-64(12-4)60-56-48)23-41-17-34(6)15-39(21-37)50(41)66-30-46-26-62(10-2)58-54-46/h13-20,25-28,53,57H,9-12,21-24,29-32H2,1-8H3. The lowest BCUT2D eigenvalue weighted by atomic mass is 9.88.